The standard InChI is InChI=1S/C18H25F3N2O/c1-23-8-6-15(7-9-23)22-11-13-2-5-17(24-12-18(19,20)21)16(10-13)14-3-4-14/h2,5,10,14-15,22H,3-4,6-9,11-12H2,1H3. The lowest BCUT2D eigenvalue weighted by Crippen LogP contribution is -2.40. The zero-order valence-corrected chi connectivity index (χ0v) is 14.0. The number of benzene rings is 1. The number of halogens is 3. The number of piperidine rings is 1. The van der Waals surface area contributed by atoms with E-state index in [2.05, 4.69) is 17.3 Å². The summed E-state index contributed by atoms with van der Waals surface area (Å²) in [6, 6.07) is 6.11. The summed E-state index contributed by atoms with van der Waals surface area (Å²) < 4.78 is 42.2. The Bertz CT molecular complexity index is 550. The van der Waals surface area contributed by atoms with Crippen molar-refractivity contribution in [2.75, 3.05) is 26.7 Å². The average molecular weight is 342 g/mol. The summed E-state index contributed by atoms with van der Waals surface area (Å²) in [6.45, 7) is 1.75. The summed E-state index contributed by atoms with van der Waals surface area (Å²) in [7, 11) is 2.14. The number of hydrogen-bond acceptors (Lipinski definition) is 3. The van der Waals surface area contributed by atoms with Crippen LogP contribution in [0.25, 0.3) is 0 Å². The van der Waals surface area contributed by atoms with Crippen molar-refractivity contribution in [2.45, 2.75) is 50.4 Å². The minimum atomic E-state index is -4.30. The monoisotopic (exact) mass is 342 g/mol. The van der Waals surface area contributed by atoms with E-state index in [9.17, 15) is 13.2 Å². The van der Waals surface area contributed by atoms with Crippen molar-refractivity contribution in [3.8, 4) is 5.75 Å². The van der Waals surface area contributed by atoms with Gasteiger partial charge in [-0.25, -0.2) is 0 Å². The third kappa shape index (κ3) is 5.11. The zero-order chi connectivity index (χ0) is 17.2. The quantitative estimate of drug-likeness (QED) is 0.853. The highest BCUT2D eigenvalue weighted by molar-refractivity contribution is 5.42. The van der Waals surface area contributed by atoms with Gasteiger partial charge in [0.1, 0.15) is 5.75 Å². The van der Waals surface area contributed by atoms with Gasteiger partial charge in [-0.3, -0.25) is 0 Å². The maximum atomic E-state index is 12.4. The van der Waals surface area contributed by atoms with E-state index in [1.54, 1.807) is 6.07 Å². The molecule has 0 spiro atoms. The molecule has 1 saturated heterocycles. The smallest absolute Gasteiger partial charge is 0.422 e. The second-order valence-corrected chi connectivity index (χ2v) is 7.01. The summed E-state index contributed by atoms with van der Waals surface area (Å²) in [4.78, 5) is 2.33. The summed E-state index contributed by atoms with van der Waals surface area (Å²) in [5.41, 5.74) is 2.05. The van der Waals surface area contributed by atoms with Gasteiger partial charge in [-0.15, -0.1) is 0 Å². The van der Waals surface area contributed by atoms with Gasteiger partial charge >= 0.3 is 6.18 Å². The molecule has 1 N–H and O–H groups in total. The average Bonchev–Trinajstić information content (AvgIpc) is 3.37. The molecule has 0 unspecified atom stereocenters. The van der Waals surface area contributed by atoms with Gasteiger partial charge in [-0.05, 0) is 68.9 Å². The Morgan fingerprint density at radius 3 is 2.50 bits per heavy atom. The fourth-order valence-corrected chi connectivity index (χ4v) is 3.19. The molecule has 1 heterocycles. The molecular weight excluding hydrogens is 317 g/mol. The van der Waals surface area contributed by atoms with E-state index in [1.165, 1.54) is 0 Å². The first-order chi connectivity index (χ1) is 11.4. The number of rotatable bonds is 6. The van der Waals surface area contributed by atoms with Crippen molar-refractivity contribution in [2.24, 2.45) is 0 Å². The van der Waals surface area contributed by atoms with Gasteiger partial charge in [-0.1, -0.05) is 12.1 Å². The normalized spacial score (nSPS) is 20.3. The maximum Gasteiger partial charge on any atom is 0.422 e. The molecule has 1 aliphatic heterocycles. The Labute approximate surface area is 141 Å². The van der Waals surface area contributed by atoms with Crippen LogP contribution in [0.3, 0.4) is 0 Å². The number of nitrogens with one attached hydrogen (secondary N) is 1. The van der Waals surface area contributed by atoms with Crippen molar-refractivity contribution in [1.29, 1.82) is 0 Å². The lowest BCUT2D eigenvalue weighted by molar-refractivity contribution is -0.153. The van der Waals surface area contributed by atoms with E-state index in [1.807, 2.05) is 12.1 Å². The Kier molecular flexibility index (Phi) is 5.35. The van der Waals surface area contributed by atoms with Crippen LogP contribution in [0, 0.1) is 0 Å². The molecule has 0 aromatic heterocycles. The molecule has 1 aromatic rings. The third-order valence-corrected chi connectivity index (χ3v) is 4.80. The first-order valence-corrected chi connectivity index (χ1v) is 8.65. The van der Waals surface area contributed by atoms with Crippen LogP contribution in [0.4, 0.5) is 13.2 Å². The van der Waals surface area contributed by atoms with Gasteiger partial charge < -0.3 is 15.0 Å². The van der Waals surface area contributed by atoms with Crippen LogP contribution in [0.15, 0.2) is 18.2 Å². The summed E-state index contributed by atoms with van der Waals surface area (Å²) in [6.07, 6.45) is 0.0507. The fourth-order valence-electron chi connectivity index (χ4n) is 3.19. The lowest BCUT2D eigenvalue weighted by Gasteiger charge is -2.29. The Morgan fingerprint density at radius 2 is 1.88 bits per heavy atom. The molecule has 0 amide bonds. The predicted octanol–water partition coefficient (Wildman–Crippen LogP) is 3.69. The molecule has 134 valence electrons. The number of alkyl halides is 3. The van der Waals surface area contributed by atoms with E-state index in [-0.39, 0.29) is 0 Å². The van der Waals surface area contributed by atoms with Crippen LogP contribution in [0.5, 0.6) is 5.75 Å². The van der Waals surface area contributed by atoms with Gasteiger partial charge in [0.2, 0.25) is 0 Å². The molecule has 3 rings (SSSR count). The minimum Gasteiger partial charge on any atom is -0.484 e. The van der Waals surface area contributed by atoms with Crippen LogP contribution in [0.1, 0.15) is 42.7 Å². The predicted molar refractivity (Wildman–Crippen MR) is 87.3 cm³/mol. The summed E-state index contributed by atoms with van der Waals surface area (Å²) in [5.74, 6) is 0.745. The fraction of sp³-hybridized carbons (Fsp3) is 0.667. The molecule has 1 aliphatic carbocycles. The third-order valence-electron chi connectivity index (χ3n) is 4.80. The van der Waals surface area contributed by atoms with Crippen molar-refractivity contribution >= 4 is 0 Å². The maximum absolute atomic E-state index is 12.4. The van der Waals surface area contributed by atoms with Crippen LogP contribution in [-0.2, 0) is 6.54 Å². The van der Waals surface area contributed by atoms with E-state index in [0.29, 0.717) is 17.7 Å². The van der Waals surface area contributed by atoms with Gasteiger partial charge in [0.05, 0.1) is 0 Å². The van der Waals surface area contributed by atoms with Crippen LogP contribution in [0.2, 0.25) is 0 Å². The van der Waals surface area contributed by atoms with Crippen molar-refractivity contribution in [1.82, 2.24) is 10.2 Å². The zero-order valence-electron chi connectivity index (χ0n) is 14.0. The first kappa shape index (κ1) is 17.5. The van der Waals surface area contributed by atoms with Gasteiger partial charge in [0, 0.05) is 12.6 Å². The molecule has 1 aromatic carbocycles. The second kappa shape index (κ2) is 7.31. The van der Waals surface area contributed by atoms with E-state index in [4.69, 9.17) is 4.74 Å². The molecule has 0 atom stereocenters. The minimum absolute atomic E-state index is 0.358. The number of hydrogen-bond donors (Lipinski definition) is 1. The SMILES string of the molecule is CN1CCC(NCc2ccc(OCC(F)(F)F)c(C3CC3)c2)CC1. The van der Waals surface area contributed by atoms with E-state index >= 15 is 0 Å². The van der Waals surface area contributed by atoms with Crippen molar-refractivity contribution < 1.29 is 17.9 Å². The molecule has 3 nitrogen and oxygen atoms in total. The highest BCUT2D eigenvalue weighted by Gasteiger charge is 2.31. The Balaban J connectivity index is 1.59. The summed E-state index contributed by atoms with van der Waals surface area (Å²) >= 11 is 0. The van der Waals surface area contributed by atoms with Crippen molar-refractivity contribution in [3.63, 3.8) is 0 Å². The first-order valence-electron chi connectivity index (χ1n) is 8.65. The molecule has 2 aliphatic rings. The molecule has 0 bridgehead atoms. The lowest BCUT2D eigenvalue weighted by atomic mass is 10.0. The molecule has 6 heteroatoms. The highest BCUT2D eigenvalue weighted by atomic mass is 19.4. The molecular formula is C18H25F3N2O. The van der Waals surface area contributed by atoms with Crippen molar-refractivity contribution in [3.05, 3.63) is 29.3 Å². The van der Waals surface area contributed by atoms with Gasteiger partial charge in [0.25, 0.3) is 0 Å². The number of likely N-dealkylation sites (tertiary alicyclic amines) is 1. The molecule has 24 heavy (non-hydrogen) atoms. The molecule has 2 fully saturated rings. The Hall–Kier alpha value is -1.27. The number of nitrogens with zero attached hydrogens (tertiary/aromatic N) is 1. The second-order valence-electron chi connectivity index (χ2n) is 7.01. The topological polar surface area (TPSA) is 24.5 Å². The van der Waals surface area contributed by atoms with E-state index < -0.39 is 12.8 Å². The highest BCUT2D eigenvalue weighted by Crippen LogP contribution is 2.44. The number of ether oxygens (including phenoxy) is 1. The van der Waals surface area contributed by atoms with Gasteiger partial charge in [0.15, 0.2) is 6.61 Å². The molecule has 1 saturated carbocycles. The summed E-state index contributed by atoms with van der Waals surface area (Å²) in [5, 5.41) is 3.57. The largest absolute Gasteiger partial charge is 0.484 e. The van der Waals surface area contributed by atoms with Gasteiger partial charge in [-0.2, -0.15) is 13.2 Å². The van der Waals surface area contributed by atoms with Crippen LogP contribution in [-0.4, -0.2) is 43.9 Å². The Morgan fingerprint density at radius 1 is 1.17 bits per heavy atom. The van der Waals surface area contributed by atoms with Crippen LogP contribution < -0.4 is 10.1 Å². The van der Waals surface area contributed by atoms with Crippen LogP contribution >= 0.6 is 0 Å². The van der Waals surface area contributed by atoms with E-state index in [0.717, 1.165) is 56.4 Å². The molecule has 0 radical (unpaired) electrons.